The maximum absolute atomic E-state index is 12.4. The lowest BCUT2D eigenvalue weighted by molar-refractivity contribution is 0.0955. The van der Waals surface area contributed by atoms with Crippen molar-refractivity contribution < 1.29 is 9.53 Å². The molecule has 0 saturated heterocycles. The molecule has 0 fully saturated rings. The Labute approximate surface area is 185 Å². The fourth-order valence-corrected chi connectivity index (χ4v) is 5.49. The summed E-state index contributed by atoms with van der Waals surface area (Å²) in [5.74, 6) is 0.314. The van der Waals surface area contributed by atoms with E-state index in [0.29, 0.717) is 11.3 Å². The molecule has 0 bridgehead atoms. The number of aromatic nitrogens is 1. The van der Waals surface area contributed by atoms with Gasteiger partial charge in [-0.3, -0.25) is 4.79 Å². The Morgan fingerprint density at radius 3 is 2.87 bits per heavy atom. The maximum atomic E-state index is 12.4. The fraction of sp³-hybridized carbons (Fsp3) is 0.292. The summed E-state index contributed by atoms with van der Waals surface area (Å²) in [6.45, 7) is 4.04. The molecule has 1 aliphatic carbocycles. The van der Waals surface area contributed by atoms with Crippen LogP contribution in [0.2, 0.25) is 0 Å². The van der Waals surface area contributed by atoms with Crippen LogP contribution in [0, 0.1) is 25.2 Å². The third-order valence-electron chi connectivity index (χ3n) is 5.64. The highest BCUT2D eigenvalue weighted by Crippen LogP contribution is 2.38. The van der Waals surface area contributed by atoms with E-state index in [1.165, 1.54) is 16.9 Å². The average Bonchev–Trinajstić information content (AvgIpc) is 3.29. The Balaban J connectivity index is 1.58. The minimum absolute atomic E-state index is 0.304. The van der Waals surface area contributed by atoms with Gasteiger partial charge in [0.25, 0.3) is 5.91 Å². The summed E-state index contributed by atoms with van der Waals surface area (Å²) in [6.07, 6.45) is 6.02. The predicted molar refractivity (Wildman–Crippen MR) is 123 cm³/mol. The molecule has 1 aliphatic rings. The molecule has 1 aromatic carbocycles. The van der Waals surface area contributed by atoms with Crippen LogP contribution >= 0.6 is 11.3 Å². The molecular weight excluding hydrogens is 408 g/mol. The zero-order valence-corrected chi connectivity index (χ0v) is 18.7. The standard InChI is InChI=1S/C24H24N4O2S/c1-15-11-18(14-26-27-23(29)17-7-6-8-19(12-17)30-3)16(2)28(15)24-21(13-25)20-9-4-5-10-22(20)31-24/h6-8,11-12,14H,4-5,9-10H2,1-3H3,(H,27,29)/b26-14+. The van der Waals surface area contributed by atoms with Crippen molar-refractivity contribution >= 4 is 23.5 Å². The van der Waals surface area contributed by atoms with E-state index in [0.717, 1.165) is 46.8 Å². The molecule has 7 heteroatoms. The molecule has 6 nitrogen and oxygen atoms in total. The lowest BCUT2D eigenvalue weighted by atomic mass is 9.96. The van der Waals surface area contributed by atoms with Gasteiger partial charge in [0.2, 0.25) is 0 Å². The number of benzene rings is 1. The van der Waals surface area contributed by atoms with Gasteiger partial charge in [-0.25, -0.2) is 5.43 Å². The molecule has 0 saturated carbocycles. The molecule has 0 aliphatic heterocycles. The largest absolute Gasteiger partial charge is 0.497 e. The highest BCUT2D eigenvalue weighted by atomic mass is 32.1. The highest BCUT2D eigenvalue weighted by molar-refractivity contribution is 7.15. The van der Waals surface area contributed by atoms with Gasteiger partial charge < -0.3 is 9.30 Å². The number of fused-ring (bicyclic) bond motifs is 1. The lowest BCUT2D eigenvalue weighted by Crippen LogP contribution is -2.17. The molecule has 0 spiro atoms. The summed E-state index contributed by atoms with van der Waals surface area (Å²) in [6, 6.07) is 11.4. The van der Waals surface area contributed by atoms with Crippen LogP contribution in [0.15, 0.2) is 35.4 Å². The van der Waals surface area contributed by atoms with Crippen molar-refractivity contribution in [2.45, 2.75) is 39.5 Å². The summed E-state index contributed by atoms with van der Waals surface area (Å²) in [7, 11) is 1.56. The van der Waals surface area contributed by atoms with Crippen LogP contribution in [0.25, 0.3) is 5.00 Å². The zero-order valence-electron chi connectivity index (χ0n) is 17.9. The molecular formula is C24H24N4O2S. The number of carbonyl (C=O) groups is 1. The van der Waals surface area contributed by atoms with Gasteiger partial charge in [0, 0.05) is 27.4 Å². The van der Waals surface area contributed by atoms with Crippen LogP contribution in [0.3, 0.4) is 0 Å². The molecule has 0 unspecified atom stereocenters. The van der Waals surface area contributed by atoms with E-state index >= 15 is 0 Å². The topological polar surface area (TPSA) is 79.4 Å². The van der Waals surface area contributed by atoms with Crippen molar-refractivity contribution in [3.63, 3.8) is 0 Å². The van der Waals surface area contributed by atoms with Crippen LogP contribution < -0.4 is 10.2 Å². The smallest absolute Gasteiger partial charge is 0.271 e. The number of hydrogen-bond acceptors (Lipinski definition) is 5. The van der Waals surface area contributed by atoms with Crippen molar-refractivity contribution in [1.29, 1.82) is 5.26 Å². The first-order chi connectivity index (χ1) is 15.0. The number of methoxy groups -OCH3 is 1. The second-order valence-electron chi connectivity index (χ2n) is 7.60. The van der Waals surface area contributed by atoms with E-state index in [2.05, 4.69) is 21.2 Å². The molecule has 4 rings (SSSR count). The van der Waals surface area contributed by atoms with Gasteiger partial charge in [-0.1, -0.05) is 6.07 Å². The first kappa shape index (κ1) is 20.9. The molecule has 31 heavy (non-hydrogen) atoms. The number of thiophene rings is 1. The number of nitriles is 1. The lowest BCUT2D eigenvalue weighted by Gasteiger charge is -2.10. The summed E-state index contributed by atoms with van der Waals surface area (Å²) in [5, 5.41) is 15.0. The molecule has 1 N–H and O–H groups in total. The number of nitrogens with one attached hydrogen (secondary N) is 1. The van der Waals surface area contributed by atoms with E-state index in [9.17, 15) is 10.1 Å². The number of carbonyl (C=O) groups excluding carboxylic acids is 1. The van der Waals surface area contributed by atoms with E-state index in [4.69, 9.17) is 4.74 Å². The van der Waals surface area contributed by atoms with Gasteiger partial charge in [0.1, 0.15) is 16.8 Å². The maximum Gasteiger partial charge on any atom is 0.271 e. The van der Waals surface area contributed by atoms with Crippen LogP contribution in [-0.4, -0.2) is 23.8 Å². The van der Waals surface area contributed by atoms with Crippen LogP contribution in [-0.2, 0) is 12.8 Å². The Kier molecular flexibility index (Phi) is 5.92. The second-order valence-corrected chi connectivity index (χ2v) is 8.68. The van der Waals surface area contributed by atoms with Gasteiger partial charge in [0.05, 0.1) is 18.9 Å². The molecule has 2 heterocycles. The number of ether oxygens (including phenoxy) is 1. The van der Waals surface area contributed by atoms with Gasteiger partial charge in [-0.2, -0.15) is 10.4 Å². The number of nitrogens with zero attached hydrogens (tertiary/aromatic N) is 3. The Bertz CT molecular complexity index is 1210. The summed E-state index contributed by atoms with van der Waals surface area (Å²) >= 11 is 1.73. The van der Waals surface area contributed by atoms with Crippen LogP contribution in [0.1, 0.15) is 56.2 Å². The first-order valence-corrected chi connectivity index (χ1v) is 11.1. The molecule has 3 aromatic rings. The first-order valence-electron chi connectivity index (χ1n) is 10.2. The van der Waals surface area contributed by atoms with Gasteiger partial charge in [-0.15, -0.1) is 11.3 Å². The summed E-state index contributed by atoms with van der Waals surface area (Å²) in [5.41, 5.74) is 8.01. The normalized spacial score (nSPS) is 13.1. The molecule has 2 aromatic heterocycles. The number of aryl methyl sites for hydroxylation is 2. The molecule has 1 amide bonds. The van der Waals surface area contributed by atoms with Crippen LogP contribution in [0.4, 0.5) is 0 Å². The Hall–Kier alpha value is -3.37. The third kappa shape index (κ3) is 3.99. The number of amides is 1. The summed E-state index contributed by atoms with van der Waals surface area (Å²) in [4.78, 5) is 13.7. The SMILES string of the molecule is COc1cccc(C(=O)N/N=C/c2cc(C)n(-c3sc4c(c3C#N)CCCC4)c2C)c1. The van der Waals surface area contributed by atoms with Crippen molar-refractivity contribution in [2.24, 2.45) is 5.10 Å². The van der Waals surface area contributed by atoms with Crippen molar-refractivity contribution in [1.82, 2.24) is 9.99 Å². The zero-order chi connectivity index (χ0) is 22.0. The van der Waals surface area contributed by atoms with E-state index in [-0.39, 0.29) is 5.91 Å². The summed E-state index contributed by atoms with van der Waals surface area (Å²) < 4.78 is 7.29. The van der Waals surface area contributed by atoms with Crippen molar-refractivity contribution in [2.75, 3.05) is 7.11 Å². The van der Waals surface area contributed by atoms with Crippen LogP contribution in [0.5, 0.6) is 5.75 Å². The Morgan fingerprint density at radius 1 is 1.29 bits per heavy atom. The molecule has 158 valence electrons. The van der Waals surface area contributed by atoms with Crippen molar-refractivity contribution in [3.8, 4) is 16.8 Å². The number of rotatable bonds is 5. The van der Waals surface area contributed by atoms with E-state index < -0.39 is 0 Å². The van der Waals surface area contributed by atoms with E-state index in [1.807, 2.05) is 19.9 Å². The average molecular weight is 433 g/mol. The van der Waals surface area contributed by atoms with E-state index in [1.54, 1.807) is 48.9 Å². The predicted octanol–water partition coefficient (Wildman–Crippen LogP) is 4.68. The molecule has 0 radical (unpaired) electrons. The number of hydrogen-bond donors (Lipinski definition) is 1. The van der Waals surface area contributed by atoms with Crippen molar-refractivity contribution in [3.05, 3.63) is 68.9 Å². The second kappa shape index (κ2) is 8.78. The third-order valence-corrected chi connectivity index (χ3v) is 6.92. The monoisotopic (exact) mass is 432 g/mol. The number of hydrazone groups is 1. The van der Waals surface area contributed by atoms with Gasteiger partial charge in [0.15, 0.2) is 0 Å². The minimum Gasteiger partial charge on any atom is -0.497 e. The quantitative estimate of drug-likeness (QED) is 0.470. The Morgan fingerprint density at radius 2 is 2.10 bits per heavy atom. The molecule has 0 atom stereocenters. The van der Waals surface area contributed by atoms with Gasteiger partial charge >= 0.3 is 0 Å². The minimum atomic E-state index is -0.304. The highest BCUT2D eigenvalue weighted by Gasteiger charge is 2.23. The fourth-order valence-electron chi connectivity index (χ4n) is 4.04. The van der Waals surface area contributed by atoms with Gasteiger partial charge in [-0.05, 0) is 69.4 Å².